The average molecular weight is 252 g/mol. The lowest BCUT2D eigenvalue weighted by molar-refractivity contribution is 0.768. The molecule has 0 radical (unpaired) electrons. The van der Waals surface area contributed by atoms with E-state index in [9.17, 15) is 0 Å². The number of rotatable bonds is 2. The Balaban J connectivity index is 2.31. The Bertz CT molecular complexity index is 380. The van der Waals surface area contributed by atoms with E-state index >= 15 is 0 Å². The number of nitrogens with two attached hydrogens (primary N) is 1. The molecule has 2 heteroatoms. The predicted molar refractivity (Wildman–Crippen MR) is 64.1 cm³/mol. The van der Waals surface area contributed by atoms with Gasteiger partial charge in [0.25, 0.3) is 0 Å². The van der Waals surface area contributed by atoms with Crippen molar-refractivity contribution in [2.24, 2.45) is 5.73 Å². The molecule has 0 bridgehead atoms. The molecule has 0 aromatic heterocycles. The summed E-state index contributed by atoms with van der Waals surface area (Å²) < 4.78 is 1.15. The van der Waals surface area contributed by atoms with Crippen molar-refractivity contribution in [3.63, 3.8) is 0 Å². The number of fused-ring (bicyclic) bond motifs is 1. The van der Waals surface area contributed by atoms with Crippen LogP contribution in [-0.2, 0) is 6.42 Å². The molecule has 1 atom stereocenters. The maximum Gasteiger partial charge on any atom is 0.0181 e. The SMILES string of the molecule is CC(N)CC1=CCc2ccc(Br)cc21. The van der Waals surface area contributed by atoms with E-state index in [1.165, 1.54) is 16.7 Å². The van der Waals surface area contributed by atoms with Gasteiger partial charge in [0.05, 0.1) is 0 Å². The number of halogens is 1. The van der Waals surface area contributed by atoms with Crippen LogP contribution in [0.3, 0.4) is 0 Å². The minimum absolute atomic E-state index is 0.242. The van der Waals surface area contributed by atoms with E-state index in [4.69, 9.17) is 5.73 Å². The molecule has 0 heterocycles. The standard InChI is InChI=1S/C12H14BrN/c1-8(14)6-10-3-2-9-4-5-11(13)7-12(9)10/h3-5,7-8H,2,6,14H2,1H3. The van der Waals surface area contributed by atoms with Crippen LogP contribution in [0, 0.1) is 0 Å². The van der Waals surface area contributed by atoms with E-state index < -0.39 is 0 Å². The summed E-state index contributed by atoms with van der Waals surface area (Å²) >= 11 is 3.50. The summed E-state index contributed by atoms with van der Waals surface area (Å²) in [6, 6.07) is 6.72. The monoisotopic (exact) mass is 251 g/mol. The lowest BCUT2D eigenvalue weighted by Gasteiger charge is -2.08. The first-order chi connectivity index (χ1) is 6.66. The van der Waals surface area contributed by atoms with Gasteiger partial charge in [0.1, 0.15) is 0 Å². The molecule has 1 unspecified atom stereocenters. The Kier molecular flexibility index (Phi) is 2.75. The molecule has 1 aromatic rings. The first-order valence-electron chi connectivity index (χ1n) is 4.90. The zero-order valence-electron chi connectivity index (χ0n) is 8.26. The van der Waals surface area contributed by atoms with E-state index in [0.717, 1.165) is 17.3 Å². The Morgan fingerprint density at radius 2 is 2.29 bits per heavy atom. The van der Waals surface area contributed by atoms with Gasteiger partial charge in [-0.1, -0.05) is 28.1 Å². The third-order valence-corrected chi connectivity index (χ3v) is 3.02. The van der Waals surface area contributed by atoms with Gasteiger partial charge in [0, 0.05) is 10.5 Å². The summed E-state index contributed by atoms with van der Waals surface area (Å²) in [4.78, 5) is 0. The normalized spacial score (nSPS) is 16.4. The third kappa shape index (κ3) is 1.91. The van der Waals surface area contributed by atoms with Gasteiger partial charge in [0.15, 0.2) is 0 Å². The molecular weight excluding hydrogens is 238 g/mol. The minimum atomic E-state index is 0.242. The van der Waals surface area contributed by atoms with E-state index in [1.807, 2.05) is 0 Å². The first-order valence-corrected chi connectivity index (χ1v) is 5.69. The molecule has 1 nitrogen and oxygen atoms in total. The molecule has 14 heavy (non-hydrogen) atoms. The van der Waals surface area contributed by atoms with Crippen LogP contribution in [0.4, 0.5) is 0 Å². The molecule has 1 aliphatic carbocycles. The lowest BCUT2D eigenvalue weighted by Crippen LogP contribution is -2.14. The highest BCUT2D eigenvalue weighted by molar-refractivity contribution is 9.10. The number of benzene rings is 1. The van der Waals surface area contributed by atoms with Crippen molar-refractivity contribution in [3.05, 3.63) is 39.9 Å². The van der Waals surface area contributed by atoms with Crippen LogP contribution >= 0.6 is 15.9 Å². The Morgan fingerprint density at radius 3 is 3.00 bits per heavy atom. The maximum absolute atomic E-state index is 5.81. The molecule has 2 rings (SSSR count). The van der Waals surface area contributed by atoms with E-state index in [-0.39, 0.29) is 6.04 Å². The Labute approximate surface area is 93.1 Å². The zero-order chi connectivity index (χ0) is 10.1. The molecule has 0 fully saturated rings. The molecule has 0 aliphatic heterocycles. The van der Waals surface area contributed by atoms with Crippen LogP contribution in [0.15, 0.2) is 28.7 Å². The highest BCUT2D eigenvalue weighted by Gasteiger charge is 2.14. The number of hydrogen-bond donors (Lipinski definition) is 1. The van der Waals surface area contributed by atoms with Crippen LogP contribution in [0.25, 0.3) is 5.57 Å². The van der Waals surface area contributed by atoms with Crippen molar-refractivity contribution >= 4 is 21.5 Å². The lowest BCUT2D eigenvalue weighted by atomic mass is 10.0. The van der Waals surface area contributed by atoms with Crippen molar-refractivity contribution in [2.45, 2.75) is 25.8 Å². The largest absolute Gasteiger partial charge is 0.328 e. The van der Waals surface area contributed by atoms with Crippen molar-refractivity contribution in [3.8, 4) is 0 Å². The molecule has 0 saturated heterocycles. The molecule has 0 amide bonds. The van der Waals surface area contributed by atoms with Gasteiger partial charge in [-0.05, 0) is 48.6 Å². The van der Waals surface area contributed by atoms with Gasteiger partial charge in [-0.25, -0.2) is 0 Å². The van der Waals surface area contributed by atoms with Gasteiger partial charge in [-0.2, -0.15) is 0 Å². The highest BCUT2D eigenvalue weighted by Crippen LogP contribution is 2.32. The third-order valence-electron chi connectivity index (χ3n) is 2.53. The maximum atomic E-state index is 5.81. The molecule has 0 spiro atoms. The van der Waals surface area contributed by atoms with Gasteiger partial charge in [0.2, 0.25) is 0 Å². The van der Waals surface area contributed by atoms with Gasteiger partial charge < -0.3 is 5.73 Å². The number of allylic oxidation sites excluding steroid dienone is 1. The fourth-order valence-electron chi connectivity index (χ4n) is 1.91. The summed E-state index contributed by atoms with van der Waals surface area (Å²) in [6.07, 6.45) is 4.33. The smallest absolute Gasteiger partial charge is 0.0181 e. The van der Waals surface area contributed by atoms with Crippen molar-refractivity contribution in [1.82, 2.24) is 0 Å². The van der Waals surface area contributed by atoms with E-state index in [1.54, 1.807) is 0 Å². The molecule has 2 N–H and O–H groups in total. The fraction of sp³-hybridized carbons (Fsp3) is 0.333. The number of hydrogen-bond acceptors (Lipinski definition) is 1. The van der Waals surface area contributed by atoms with Crippen molar-refractivity contribution < 1.29 is 0 Å². The van der Waals surface area contributed by atoms with Crippen molar-refractivity contribution in [1.29, 1.82) is 0 Å². The van der Waals surface area contributed by atoms with Crippen LogP contribution in [0.2, 0.25) is 0 Å². The molecule has 0 saturated carbocycles. The van der Waals surface area contributed by atoms with Crippen LogP contribution < -0.4 is 5.73 Å². The summed E-state index contributed by atoms with van der Waals surface area (Å²) in [7, 11) is 0. The minimum Gasteiger partial charge on any atom is -0.328 e. The van der Waals surface area contributed by atoms with E-state index in [0.29, 0.717) is 0 Å². The zero-order valence-corrected chi connectivity index (χ0v) is 9.84. The Hall–Kier alpha value is -0.600. The molecular formula is C12H14BrN. The van der Waals surface area contributed by atoms with E-state index in [2.05, 4.69) is 47.1 Å². The van der Waals surface area contributed by atoms with Crippen LogP contribution in [0.1, 0.15) is 24.5 Å². The Morgan fingerprint density at radius 1 is 1.50 bits per heavy atom. The predicted octanol–water partition coefficient (Wildman–Crippen LogP) is 3.13. The summed E-state index contributed by atoms with van der Waals surface area (Å²) in [6.45, 7) is 2.05. The van der Waals surface area contributed by atoms with Crippen LogP contribution in [-0.4, -0.2) is 6.04 Å². The topological polar surface area (TPSA) is 26.0 Å². The van der Waals surface area contributed by atoms with Gasteiger partial charge in [-0.3, -0.25) is 0 Å². The highest BCUT2D eigenvalue weighted by atomic mass is 79.9. The molecule has 1 aromatic carbocycles. The summed E-state index contributed by atoms with van der Waals surface area (Å²) in [5.41, 5.74) is 10.0. The summed E-state index contributed by atoms with van der Waals surface area (Å²) in [5.74, 6) is 0. The molecule has 74 valence electrons. The average Bonchev–Trinajstić information content (AvgIpc) is 2.47. The second kappa shape index (κ2) is 3.87. The summed E-state index contributed by atoms with van der Waals surface area (Å²) in [5, 5.41) is 0. The fourth-order valence-corrected chi connectivity index (χ4v) is 2.27. The second-order valence-electron chi connectivity index (χ2n) is 3.92. The quantitative estimate of drug-likeness (QED) is 0.859. The van der Waals surface area contributed by atoms with Gasteiger partial charge in [-0.15, -0.1) is 0 Å². The molecule has 1 aliphatic rings. The first kappa shape index (κ1) is 9.94. The van der Waals surface area contributed by atoms with Crippen molar-refractivity contribution in [2.75, 3.05) is 0 Å². The van der Waals surface area contributed by atoms with Crippen LogP contribution in [0.5, 0.6) is 0 Å². The van der Waals surface area contributed by atoms with Gasteiger partial charge >= 0.3 is 0 Å². The second-order valence-corrected chi connectivity index (χ2v) is 4.83.